The predicted molar refractivity (Wildman–Crippen MR) is 120 cm³/mol. The maximum absolute atomic E-state index is 14.9. The number of benzene rings is 3. The molecular formula is C25H26F4O2Si. The first-order chi connectivity index (χ1) is 15.4. The Balaban J connectivity index is 2.09. The Hall–Kier alpha value is -2.64. The molecule has 0 aromatic heterocycles. The van der Waals surface area contributed by atoms with Gasteiger partial charge in [0, 0.05) is 17.0 Å². The SMILES string of the molecule is CCCCCCO[Si](Oc1cccc(C(F)(F)F)c1F)(c1ccccc1)c1ccccc1. The van der Waals surface area contributed by atoms with E-state index in [4.69, 9.17) is 8.85 Å². The summed E-state index contributed by atoms with van der Waals surface area (Å²) in [6, 6.07) is 21.3. The molecule has 0 saturated heterocycles. The van der Waals surface area contributed by atoms with E-state index < -0.39 is 31.9 Å². The molecule has 2 nitrogen and oxygen atoms in total. The summed E-state index contributed by atoms with van der Waals surface area (Å²) in [6.45, 7) is 2.46. The molecule has 3 rings (SSSR count). The summed E-state index contributed by atoms with van der Waals surface area (Å²) >= 11 is 0. The molecular weight excluding hydrogens is 436 g/mol. The third kappa shape index (κ3) is 5.58. The monoisotopic (exact) mass is 462 g/mol. The standard InChI is InChI=1S/C25H26F4O2Si/c1-2-3-4-11-19-30-32(20-13-7-5-8-14-20,21-15-9-6-10-16-21)31-23-18-12-17-22(24(23)26)25(27,28)29/h5-10,12-18H,2-4,11,19H2,1H3. The fourth-order valence-electron chi connectivity index (χ4n) is 3.50. The minimum Gasteiger partial charge on any atom is -0.511 e. The first-order valence-corrected chi connectivity index (χ1v) is 12.5. The van der Waals surface area contributed by atoms with Gasteiger partial charge in [0.25, 0.3) is 0 Å². The van der Waals surface area contributed by atoms with Crippen LogP contribution in [0.15, 0.2) is 78.9 Å². The summed E-state index contributed by atoms with van der Waals surface area (Å²) in [7, 11) is -3.57. The highest BCUT2D eigenvalue weighted by molar-refractivity contribution is 6.93. The number of hydrogen-bond donors (Lipinski definition) is 0. The van der Waals surface area contributed by atoms with E-state index >= 15 is 0 Å². The van der Waals surface area contributed by atoms with Crippen LogP contribution in [0.5, 0.6) is 5.75 Å². The maximum Gasteiger partial charge on any atom is 0.468 e. The number of hydrogen-bond acceptors (Lipinski definition) is 2. The van der Waals surface area contributed by atoms with Gasteiger partial charge in [0.15, 0.2) is 5.82 Å². The van der Waals surface area contributed by atoms with Crippen molar-refractivity contribution in [1.29, 1.82) is 0 Å². The van der Waals surface area contributed by atoms with Crippen LogP contribution in [0.3, 0.4) is 0 Å². The average Bonchev–Trinajstić information content (AvgIpc) is 2.80. The van der Waals surface area contributed by atoms with Crippen LogP contribution in [-0.4, -0.2) is 15.2 Å². The van der Waals surface area contributed by atoms with Crippen LogP contribution in [0.2, 0.25) is 0 Å². The zero-order valence-electron chi connectivity index (χ0n) is 17.9. The molecule has 0 heterocycles. The van der Waals surface area contributed by atoms with Crippen LogP contribution in [0.1, 0.15) is 38.2 Å². The molecule has 3 aromatic rings. The molecule has 170 valence electrons. The van der Waals surface area contributed by atoms with Crippen molar-refractivity contribution in [3.05, 3.63) is 90.2 Å². The van der Waals surface area contributed by atoms with Gasteiger partial charge in [-0.3, -0.25) is 0 Å². The van der Waals surface area contributed by atoms with E-state index in [-0.39, 0.29) is 0 Å². The Labute approximate surface area is 187 Å². The summed E-state index contributed by atoms with van der Waals surface area (Å²) in [5, 5.41) is 1.39. The van der Waals surface area contributed by atoms with Crippen LogP contribution < -0.4 is 14.8 Å². The van der Waals surface area contributed by atoms with Gasteiger partial charge < -0.3 is 8.85 Å². The molecule has 0 saturated carbocycles. The second kappa shape index (κ2) is 10.8. The fourth-order valence-corrected chi connectivity index (χ4v) is 6.63. The second-order valence-corrected chi connectivity index (χ2v) is 10.4. The van der Waals surface area contributed by atoms with E-state index in [0.717, 1.165) is 31.7 Å². The highest BCUT2D eigenvalue weighted by Gasteiger charge is 2.46. The second-order valence-electron chi connectivity index (χ2n) is 7.48. The van der Waals surface area contributed by atoms with E-state index in [0.29, 0.717) is 23.0 Å². The van der Waals surface area contributed by atoms with Gasteiger partial charge in [-0.2, -0.15) is 13.2 Å². The molecule has 0 unspecified atom stereocenters. The number of halogens is 4. The van der Waals surface area contributed by atoms with Gasteiger partial charge in [-0.25, -0.2) is 4.39 Å². The molecule has 0 aliphatic carbocycles. The van der Waals surface area contributed by atoms with Crippen molar-refractivity contribution in [3.8, 4) is 5.75 Å². The lowest BCUT2D eigenvalue weighted by Gasteiger charge is -2.32. The Kier molecular flexibility index (Phi) is 8.09. The molecule has 0 atom stereocenters. The number of rotatable bonds is 10. The van der Waals surface area contributed by atoms with E-state index in [1.54, 1.807) is 0 Å². The van der Waals surface area contributed by atoms with Crippen LogP contribution in [-0.2, 0) is 10.6 Å². The van der Waals surface area contributed by atoms with Gasteiger partial charge in [0.1, 0.15) is 5.75 Å². The first kappa shape index (κ1) is 24.0. The van der Waals surface area contributed by atoms with E-state index in [2.05, 4.69) is 6.92 Å². The smallest absolute Gasteiger partial charge is 0.468 e. The lowest BCUT2D eigenvalue weighted by Crippen LogP contribution is -2.66. The molecule has 0 aliphatic heterocycles. The maximum atomic E-state index is 14.9. The van der Waals surface area contributed by atoms with Crippen molar-refractivity contribution in [1.82, 2.24) is 0 Å². The van der Waals surface area contributed by atoms with E-state index in [9.17, 15) is 17.6 Å². The van der Waals surface area contributed by atoms with Crippen molar-refractivity contribution < 1.29 is 26.4 Å². The number of alkyl halides is 3. The summed E-state index contributed by atoms with van der Waals surface area (Å²) < 4.78 is 67.5. The van der Waals surface area contributed by atoms with Gasteiger partial charge in [-0.15, -0.1) is 0 Å². The molecule has 32 heavy (non-hydrogen) atoms. The highest BCUT2D eigenvalue weighted by atomic mass is 28.4. The summed E-state index contributed by atoms with van der Waals surface area (Å²) in [5.74, 6) is -1.90. The third-order valence-corrected chi connectivity index (χ3v) is 8.44. The molecule has 3 aromatic carbocycles. The Morgan fingerprint density at radius 3 is 1.88 bits per heavy atom. The largest absolute Gasteiger partial charge is 0.511 e. The van der Waals surface area contributed by atoms with Crippen molar-refractivity contribution in [2.45, 2.75) is 38.8 Å². The van der Waals surface area contributed by atoms with Gasteiger partial charge in [-0.1, -0.05) is 92.9 Å². The molecule has 0 spiro atoms. The molecule has 7 heteroatoms. The molecule has 0 aliphatic rings. The van der Waals surface area contributed by atoms with Crippen LogP contribution in [0.4, 0.5) is 17.6 Å². The zero-order valence-corrected chi connectivity index (χ0v) is 18.9. The fraction of sp³-hybridized carbons (Fsp3) is 0.280. The average molecular weight is 463 g/mol. The molecule has 0 radical (unpaired) electrons. The van der Waals surface area contributed by atoms with E-state index in [1.165, 1.54) is 6.07 Å². The van der Waals surface area contributed by atoms with Gasteiger partial charge in [0.05, 0.1) is 5.56 Å². The first-order valence-electron chi connectivity index (χ1n) is 10.7. The Bertz CT molecular complexity index is 939. The lowest BCUT2D eigenvalue weighted by molar-refractivity contribution is -0.140. The quantitative estimate of drug-likeness (QED) is 0.207. The van der Waals surface area contributed by atoms with Crippen molar-refractivity contribution in [2.24, 2.45) is 0 Å². The minimum absolute atomic E-state index is 0.358. The van der Waals surface area contributed by atoms with Crippen LogP contribution >= 0.6 is 0 Å². The Morgan fingerprint density at radius 1 is 0.750 bits per heavy atom. The van der Waals surface area contributed by atoms with Crippen molar-refractivity contribution in [2.75, 3.05) is 6.61 Å². The molecule has 0 bridgehead atoms. The molecule has 0 amide bonds. The topological polar surface area (TPSA) is 18.5 Å². The van der Waals surface area contributed by atoms with Gasteiger partial charge in [0.2, 0.25) is 0 Å². The van der Waals surface area contributed by atoms with Crippen LogP contribution in [0.25, 0.3) is 0 Å². The third-order valence-electron chi connectivity index (χ3n) is 5.13. The van der Waals surface area contributed by atoms with Crippen LogP contribution in [0, 0.1) is 5.82 Å². The van der Waals surface area contributed by atoms with Crippen molar-refractivity contribution >= 4 is 18.9 Å². The predicted octanol–water partition coefficient (Wildman–Crippen LogP) is 6.08. The highest BCUT2D eigenvalue weighted by Crippen LogP contribution is 2.35. The zero-order chi connectivity index (χ0) is 23.0. The summed E-state index contributed by atoms with van der Waals surface area (Å²) in [4.78, 5) is 0. The van der Waals surface area contributed by atoms with Gasteiger partial charge in [-0.05, 0) is 18.6 Å². The Morgan fingerprint density at radius 2 is 1.34 bits per heavy atom. The van der Waals surface area contributed by atoms with Gasteiger partial charge >= 0.3 is 14.7 Å². The lowest BCUT2D eigenvalue weighted by atomic mass is 10.2. The molecule has 0 N–H and O–H groups in total. The van der Waals surface area contributed by atoms with Crippen molar-refractivity contribution in [3.63, 3.8) is 0 Å². The number of unbranched alkanes of at least 4 members (excludes halogenated alkanes) is 3. The molecule has 0 fully saturated rings. The normalized spacial score (nSPS) is 12.0. The summed E-state index contributed by atoms with van der Waals surface area (Å²) in [6.07, 6.45) is -0.975. The minimum atomic E-state index is -4.83. The van der Waals surface area contributed by atoms with E-state index in [1.807, 2.05) is 60.7 Å². The summed E-state index contributed by atoms with van der Waals surface area (Å²) in [5.41, 5.74) is -1.36.